The minimum absolute atomic E-state index is 0.0345. The molecule has 160 valence electrons. The number of benzene rings is 1. The van der Waals surface area contributed by atoms with Gasteiger partial charge in [0.25, 0.3) is 0 Å². The van der Waals surface area contributed by atoms with Crippen molar-refractivity contribution >= 4 is 11.6 Å². The lowest BCUT2D eigenvalue weighted by Gasteiger charge is -2.31. The van der Waals surface area contributed by atoms with Gasteiger partial charge in [0, 0.05) is 17.5 Å². The number of unbranched alkanes of at least 4 members (excludes halogenated alkanes) is 5. The number of methoxy groups -OCH3 is 3. The summed E-state index contributed by atoms with van der Waals surface area (Å²) in [6, 6.07) is 3.48. The molecule has 1 rings (SSSR count). The number of ether oxygens (including phenoxy) is 3. The van der Waals surface area contributed by atoms with Crippen molar-refractivity contribution in [1.82, 2.24) is 0 Å². The van der Waals surface area contributed by atoms with Crippen molar-refractivity contribution in [3.63, 3.8) is 0 Å². The number of rotatable bonds is 13. The molecule has 0 radical (unpaired) electrons. The predicted molar refractivity (Wildman–Crippen MR) is 116 cm³/mol. The fraction of sp³-hybridized carbons (Fsp3) is 0.696. The van der Waals surface area contributed by atoms with Gasteiger partial charge in [0.05, 0.1) is 21.3 Å². The molecule has 1 N–H and O–H groups in total. The zero-order valence-corrected chi connectivity index (χ0v) is 18.8. The monoisotopic (exact) mass is 393 g/mol. The van der Waals surface area contributed by atoms with Crippen LogP contribution in [0.3, 0.4) is 0 Å². The van der Waals surface area contributed by atoms with Gasteiger partial charge in [-0.25, -0.2) is 0 Å². The normalized spacial score (nSPS) is 12.4. The molecule has 5 nitrogen and oxygen atoms in total. The van der Waals surface area contributed by atoms with Gasteiger partial charge in [-0.1, -0.05) is 66.2 Å². The highest BCUT2D eigenvalue weighted by molar-refractivity contribution is 5.98. The summed E-state index contributed by atoms with van der Waals surface area (Å²) in [5, 5.41) is 3.03. The molecular weight excluding hydrogens is 354 g/mol. The van der Waals surface area contributed by atoms with Crippen LogP contribution in [0.5, 0.6) is 17.2 Å². The first-order valence-electron chi connectivity index (χ1n) is 10.4. The summed E-state index contributed by atoms with van der Waals surface area (Å²) in [7, 11) is 4.71. The molecule has 5 heteroatoms. The molecule has 0 aromatic heterocycles. The maximum atomic E-state index is 13.1. The van der Waals surface area contributed by atoms with E-state index in [4.69, 9.17) is 14.2 Å². The van der Waals surface area contributed by atoms with E-state index in [9.17, 15) is 4.79 Å². The zero-order chi connectivity index (χ0) is 21.2. The molecule has 1 atom stereocenters. The van der Waals surface area contributed by atoms with E-state index in [-0.39, 0.29) is 11.8 Å². The molecule has 0 saturated carbocycles. The Kier molecular flexibility index (Phi) is 10.2. The number of anilines is 1. The zero-order valence-electron chi connectivity index (χ0n) is 18.8. The van der Waals surface area contributed by atoms with Gasteiger partial charge in [0.1, 0.15) is 22.9 Å². The molecule has 0 heterocycles. The van der Waals surface area contributed by atoms with Crippen molar-refractivity contribution in [2.45, 2.75) is 72.6 Å². The van der Waals surface area contributed by atoms with Crippen LogP contribution >= 0.6 is 0 Å². The molecule has 1 aromatic carbocycles. The number of hydrogen-bond acceptors (Lipinski definition) is 4. The van der Waals surface area contributed by atoms with Crippen molar-refractivity contribution in [2.75, 3.05) is 26.6 Å². The number of nitrogens with one attached hydrogen (secondary N) is 1. The molecular formula is C23H39NO4. The highest BCUT2D eigenvalue weighted by Gasteiger charge is 2.34. The fourth-order valence-electron chi connectivity index (χ4n) is 3.22. The summed E-state index contributed by atoms with van der Waals surface area (Å²) in [5.41, 5.74) is 0.0370. The van der Waals surface area contributed by atoms with E-state index in [0.717, 1.165) is 12.8 Å². The standard InChI is InChI=1S/C23H39NO4/c1-8-9-10-11-12-13-14-17(2)23(3,4)22(25)24-21-19(27-6)15-18(26-5)16-20(21)28-7/h15-17H,8-14H2,1-7H3,(H,24,25). The van der Waals surface area contributed by atoms with Gasteiger partial charge in [0.15, 0.2) is 0 Å². The van der Waals surface area contributed by atoms with Gasteiger partial charge >= 0.3 is 0 Å². The Morgan fingerprint density at radius 2 is 1.50 bits per heavy atom. The molecule has 0 aliphatic carbocycles. The Morgan fingerprint density at radius 3 is 2.00 bits per heavy atom. The van der Waals surface area contributed by atoms with Crippen molar-refractivity contribution in [1.29, 1.82) is 0 Å². The van der Waals surface area contributed by atoms with Gasteiger partial charge in [-0.15, -0.1) is 0 Å². The maximum Gasteiger partial charge on any atom is 0.230 e. The van der Waals surface area contributed by atoms with Crippen LogP contribution in [0, 0.1) is 11.3 Å². The second-order valence-corrected chi connectivity index (χ2v) is 8.04. The van der Waals surface area contributed by atoms with Gasteiger partial charge in [-0.05, 0) is 12.3 Å². The van der Waals surface area contributed by atoms with Crippen LogP contribution < -0.4 is 19.5 Å². The van der Waals surface area contributed by atoms with Gasteiger partial charge in [0.2, 0.25) is 5.91 Å². The number of amides is 1. The molecule has 1 amide bonds. The first kappa shape index (κ1) is 24.1. The minimum atomic E-state index is -0.501. The third kappa shape index (κ3) is 6.61. The lowest BCUT2D eigenvalue weighted by Crippen LogP contribution is -2.36. The number of hydrogen-bond donors (Lipinski definition) is 1. The average Bonchev–Trinajstić information content (AvgIpc) is 2.70. The first-order valence-corrected chi connectivity index (χ1v) is 10.4. The maximum absolute atomic E-state index is 13.1. The third-order valence-electron chi connectivity index (χ3n) is 5.76. The summed E-state index contributed by atoms with van der Waals surface area (Å²) in [5.74, 6) is 1.89. The SMILES string of the molecule is CCCCCCCCC(C)C(C)(C)C(=O)Nc1c(OC)cc(OC)cc1OC. The highest BCUT2D eigenvalue weighted by Crippen LogP contribution is 2.41. The van der Waals surface area contributed by atoms with Crippen molar-refractivity contribution in [2.24, 2.45) is 11.3 Å². The van der Waals surface area contributed by atoms with E-state index in [1.165, 1.54) is 32.1 Å². The van der Waals surface area contributed by atoms with E-state index in [2.05, 4.69) is 19.2 Å². The Balaban J connectivity index is 2.79. The molecule has 0 spiro atoms. The molecule has 28 heavy (non-hydrogen) atoms. The van der Waals surface area contributed by atoms with Gasteiger partial charge < -0.3 is 19.5 Å². The Morgan fingerprint density at radius 1 is 0.964 bits per heavy atom. The van der Waals surface area contributed by atoms with Gasteiger partial charge in [-0.2, -0.15) is 0 Å². The summed E-state index contributed by atoms with van der Waals surface area (Å²) >= 11 is 0. The average molecular weight is 394 g/mol. The first-order chi connectivity index (χ1) is 13.3. The van der Waals surface area contributed by atoms with Crippen LogP contribution in [-0.2, 0) is 4.79 Å². The Bertz CT molecular complexity index is 588. The topological polar surface area (TPSA) is 56.8 Å². The number of carbonyl (C=O) groups is 1. The second kappa shape index (κ2) is 11.8. The fourth-order valence-corrected chi connectivity index (χ4v) is 3.22. The molecule has 1 aromatic rings. The van der Waals surface area contributed by atoms with Gasteiger partial charge in [-0.3, -0.25) is 4.79 Å². The second-order valence-electron chi connectivity index (χ2n) is 8.04. The van der Waals surface area contributed by atoms with E-state index in [1.54, 1.807) is 33.5 Å². The highest BCUT2D eigenvalue weighted by atomic mass is 16.5. The molecule has 0 saturated heterocycles. The lowest BCUT2D eigenvalue weighted by molar-refractivity contribution is -0.126. The summed E-state index contributed by atoms with van der Waals surface area (Å²) in [6.45, 7) is 8.41. The molecule has 0 aliphatic heterocycles. The third-order valence-corrected chi connectivity index (χ3v) is 5.76. The molecule has 0 bridgehead atoms. The van der Waals surface area contributed by atoms with Crippen LogP contribution in [0.4, 0.5) is 5.69 Å². The Labute approximate surface area is 171 Å². The van der Waals surface area contributed by atoms with E-state index < -0.39 is 5.41 Å². The van der Waals surface area contributed by atoms with Crippen molar-refractivity contribution < 1.29 is 19.0 Å². The quantitative estimate of drug-likeness (QED) is 0.414. The van der Waals surface area contributed by atoms with E-state index in [1.807, 2.05) is 13.8 Å². The largest absolute Gasteiger partial charge is 0.496 e. The smallest absolute Gasteiger partial charge is 0.230 e. The van der Waals surface area contributed by atoms with Crippen molar-refractivity contribution in [3.05, 3.63) is 12.1 Å². The summed E-state index contributed by atoms with van der Waals surface area (Å²) in [6.07, 6.45) is 8.62. The van der Waals surface area contributed by atoms with E-state index in [0.29, 0.717) is 22.9 Å². The van der Waals surface area contributed by atoms with Crippen LogP contribution in [0.2, 0.25) is 0 Å². The van der Waals surface area contributed by atoms with Crippen LogP contribution in [-0.4, -0.2) is 27.2 Å². The Hall–Kier alpha value is -1.91. The summed E-state index contributed by atoms with van der Waals surface area (Å²) < 4.78 is 16.2. The van der Waals surface area contributed by atoms with Crippen LogP contribution in [0.15, 0.2) is 12.1 Å². The summed E-state index contributed by atoms with van der Waals surface area (Å²) in [4.78, 5) is 13.1. The van der Waals surface area contributed by atoms with Crippen LogP contribution in [0.25, 0.3) is 0 Å². The lowest BCUT2D eigenvalue weighted by atomic mass is 9.76. The minimum Gasteiger partial charge on any atom is -0.496 e. The van der Waals surface area contributed by atoms with Crippen LogP contribution in [0.1, 0.15) is 72.6 Å². The molecule has 1 unspecified atom stereocenters. The molecule has 0 aliphatic rings. The molecule has 0 fully saturated rings. The number of carbonyl (C=O) groups excluding carboxylic acids is 1. The van der Waals surface area contributed by atoms with E-state index >= 15 is 0 Å². The van der Waals surface area contributed by atoms with Crippen molar-refractivity contribution in [3.8, 4) is 17.2 Å². The predicted octanol–water partition coefficient (Wildman–Crippen LogP) is 6.06.